The fraction of sp³-hybridized carbons (Fsp3) is 0.188. The van der Waals surface area contributed by atoms with Crippen molar-refractivity contribution >= 4 is 17.2 Å². The molecule has 0 atom stereocenters. The molecule has 2 N–H and O–H groups in total. The molecule has 0 radical (unpaired) electrons. The summed E-state index contributed by atoms with van der Waals surface area (Å²) in [6.07, 6.45) is 0.344. The van der Waals surface area contributed by atoms with Gasteiger partial charge in [0.15, 0.2) is 0 Å². The van der Waals surface area contributed by atoms with Crippen LogP contribution >= 0.6 is 11.3 Å². The van der Waals surface area contributed by atoms with E-state index in [0.29, 0.717) is 18.5 Å². The molecule has 0 aliphatic rings. The van der Waals surface area contributed by atoms with E-state index in [1.807, 2.05) is 16.8 Å². The molecule has 0 unspecified atom stereocenters. The Bertz CT molecular complexity index is 671. The molecule has 0 bridgehead atoms. The van der Waals surface area contributed by atoms with Crippen LogP contribution in [0.15, 0.2) is 35.0 Å². The van der Waals surface area contributed by atoms with Crippen LogP contribution < -0.4 is 5.32 Å². The summed E-state index contributed by atoms with van der Waals surface area (Å²) in [5.74, 6) is 4.48. The van der Waals surface area contributed by atoms with Crippen molar-refractivity contribution in [3.05, 3.63) is 57.5 Å². The van der Waals surface area contributed by atoms with E-state index in [4.69, 9.17) is 5.11 Å². The minimum absolute atomic E-state index is 0.0256. The Kier molecular flexibility index (Phi) is 5.50. The smallest absolute Gasteiger partial charge is 0.254 e. The van der Waals surface area contributed by atoms with Gasteiger partial charge in [0, 0.05) is 18.5 Å². The van der Waals surface area contributed by atoms with Crippen LogP contribution in [0.1, 0.15) is 27.9 Å². The Labute approximate surface area is 126 Å². The largest absolute Gasteiger partial charge is 0.395 e. The quantitative estimate of drug-likeness (QED) is 0.853. The molecule has 2 aromatic rings. The van der Waals surface area contributed by atoms with Crippen molar-refractivity contribution in [1.29, 1.82) is 0 Å². The Morgan fingerprint density at radius 2 is 2.24 bits per heavy atom. The Hall–Kier alpha value is -2.16. The molecule has 1 aromatic carbocycles. The third kappa shape index (κ3) is 4.42. The molecule has 0 spiro atoms. The summed E-state index contributed by atoms with van der Waals surface area (Å²) in [6, 6.07) is 6.05. The lowest BCUT2D eigenvalue weighted by Crippen LogP contribution is -2.23. The summed E-state index contributed by atoms with van der Waals surface area (Å²) in [5, 5.41) is 15.2. The molecule has 1 amide bonds. The summed E-state index contributed by atoms with van der Waals surface area (Å²) < 4.78 is 13.7. The van der Waals surface area contributed by atoms with Crippen LogP contribution in [0.2, 0.25) is 0 Å². The summed E-state index contributed by atoms with van der Waals surface area (Å²) in [4.78, 5) is 12.0. The number of thiophene rings is 1. The Balaban J connectivity index is 2.09. The third-order valence-corrected chi connectivity index (χ3v) is 3.45. The van der Waals surface area contributed by atoms with Crippen LogP contribution in [-0.2, 0) is 6.54 Å². The maximum Gasteiger partial charge on any atom is 0.254 e. The molecule has 0 saturated heterocycles. The van der Waals surface area contributed by atoms with E-state index in [9.17, 15) is 9.18 Å². The van der Waals surface area contributed by atoms with Gasteiger partial charge < -0.3 is 10.4 Å². The third-order valence-electron chi connectivity index (χ3n) is 2.71. The second-order valence-corrected chi connectivity index (χ2v) is 5.06. The molecule has 1 aromatic heterocycles. The number of hydrogen-bond donors (Lipinski definition) is 2. The molecule has 0 saturated carbocycles. The first-order valence-corrected chi connectivity index (χ1v) is 7.33. The van der Waals surface area contributed by atoms with Crippen LogP contribution in [0.3, 0.4) is 0 Å². The zero-order valence-electron chi connectivity index (χ0n) is 11.2. The van der Waals surface area contributed by atoms with E-state index < -0.39 is 11.7 Å². The standard InChI is InChI=1S/C16H14FNO2S/c17-15-5-4-12(3-1-2-7-19)9-14(15)16(20)18-10-13-6-8-21-11-13/h4-6,8-9,11,19H,2,7,10H2,(H,18,20). The van der Waals surface area contributed by atoms with E-state index in [2.05, 4.69) is 17.2 Å². The van der Waals surface area contributed by atoms with Crippen molar-refractivity contribution in [2.75, 3.05) is 6.61 Å². The van der Waals surface area contributed by atoms with Gasteiger partial charge in [-0.15, -0.1) is 0 Å². The van der Waals surface area contributed by atoms with E-state index in [1.54, 1.807) is 0 Å². The second-order valence-electron chi connectivity index (χ2n) is 4.28. The van der Waals surface area contributed by atoms with Gasteiger partial charge in [-0.1, -0.05) is 11.8 Å². The summed E-state index contributed by atoms with van der Waals surface area (Å²) in [7, 11) is 0. The van der Waals surface area contributed by atoms with Crippen molar-refractivity contribution in [2.24, 2.45) is 0 Å². The van der Waals surface area contributed by atoms with E-state index in [-0.39, 0.29) is 12.2 Å². The topological polar surface area (TPSA) is 49.3 Å². The average molecular weight is 303 g/mol. The lowest BCUT2D eigenvalue weighted by molar-refractivity contribution is 0.0947. The zero-order chi connectivity index (χ0) is 15.1. The molecule has 0 fully saturated rings. The molecule has 2 rings (SSSR count). The van der Waals surface area contributed by atoms with Gasteiger partial charge in [0.1, 0.15) is 5.82 Å². The van der Waals surface area contributed by atoms with Crippen molar-refractivity contribution in [3.63, 3.8) is 0 Å². The first-order chi connectivity index (χ1) is 10.2. The monoisotopic (exact) mass is 303 g/mol. The van der Waals surface area contributed by atoms with Gasteiger partial charge in [-0.2, -0.15) is 11.3 Å². The number of amides is 1. The first kappa shape index (κ1) is 15.2. The highest BCUT2D eigenvalue weighted by Crippen LogP contribution is 2.11. The molecular formula is C16H14FNO2S. The normalized spacial score (nSPS) is 9.81. The zero-order valence-corrected chi connectivity index (χ0v) is 12.0. The minimum Gasteiger partial charge on any atom is -0.395 e. The van der Waals surface area contributed by atoms with Crippen molar-refractivity contribution in [3.8, 4) is 11.8 Å². The van der Waals surface area contributed by atoms with E-state index in [1.165, 1.54) is 29.5 Å². The van der Waals surface area contributed by atoms with E-state index >= 15 is 0 Å². The molecule has 5 heteroatoms. The number of nitrogens with one attached hydrogen (secondary N) is 1. The second kappa shape index (κ2) is 7.58. The van der Waals surface area contributed by atoms with Crippen molar-refractivity contribution in [1.82, 2.24) is 5.32 Å². The molecule has 0 aliphatic carbocycles. The Morgan fingerprint density at radius 1 is 1.38 bits per heavy atom. The lowest BCUT2D eigenvalue weighted by atomic mass is 10.1. The fourth-order valence-electron chi connectivity index (χ4n) is 1.67. The number of aliphatic hydroxyl groups is 1. The predicted octanol–water partition coefficient (Wildman–Crippen LogP) is 2.55. The van der Waals surface area contributed by atoms with Gasteiger partial charge in [0.05, 0.1) is 12.2 Å². The molecule has 21 heavy (non-hydrogen) atoms. The highest BCUT2D eigenvalue weighted by atomic mass is 32.1. The first-order valence-electron chi connectivity index (χ1n) is 6.39. The van der Waals surface area contributed by atoms with Crippen molar-refractivity contribution in [2.45, 2.75) is 13.0 Å². The highest BCUT2D eigenvalue weighted by molar-refractivity contribution is 7.07. The molecule has 0 aliphatic heterocycles. The van der Waals surface area contributed by atoms with Crippen LogP contribution in [0, 0.1) is 17.7 Å². The minimum atomic E-state index is -0.578. The number of rotatable bonds is 4. The average Bonchev–Trinajstić information content (AvgIpc) is 3.00. The molecule has 108 valence electrons. The maximum absolute atomic E-state index is 13.7. The number of carbonyl (C=O) groups is 1. The molecule has 3 nitrogen and oxygen atoms in total. The number of carbonyl (C=O) groups excluding carboxylic acids is 1. The van der Waals surface area contributed by atoms with Gasteiger partial charge in [-0.05, 0) is 40.6 Å². The fourth-order valence-corrected chi connectivity index (χ4v) is 2.34. The number of aliphatic hydroxyl groups excluding tert-OH is 1. The summed E-state index contributed by atoms with van der Waals surface area (Å²) in [6.45, 7) is 0.338. The van der Waals surface area contributed by atoms with Crippen molar-refractivity contribution < 1.29 is 14.3 Å². The number of halogens is 1. The summed E-state index contributed by atoms with van der Waals surface area (Å²) >= 11 is 1.54. The van der Waals surface area contributed by atoms with Crippen LogP contribution in [-0.4, -0.2) is 17.6 Å². The lowest BCUT2D eigenvalue weighted by Gasteiger charge is -2.05. The SMILES string of the molecule is O=C(NCc1ccsc1)c1cc(C#CCCO)ccc1F. The van der Waals surface area contributed by atoms with Crippen LogP contribution in [0.5, 0.6) is 0 Å². The van der Waals surface area contributed by atoms with Gasteiger partial charge in [0.25, 0.3) is 5.91 Å². The highest BCUT2D eigenvalue weighted by Gasteiger charge is 2.11. The van der Waals surface area contributed by atoms with Gasteiger partial charge in [-0.3, -0.25) is 4.79 Å². The summed E-state index contributed by atoms with van der Waals surface area (Å²) in [5.41, 5.74) is 1.50. The van der Waals surface area contributed by atoms with Gasteiger partial charge >= 0.3 is 0 Å². The van der Waals surface area contributed by atoms with Crippen LogP contribution in [0.25, 0.3) is 0 Å². The van der Waals surface area contributed by atoms with Gasteiger partial charge in [0.2, 0.25) is 0 Å². The number of hydrogen-bond acceptors (Lipinski definition) is 3. The van der Waals surface area contributed by atoms with Crippen LogP contribution in [0.4, 0.5) is 4.39 Å². The van der Waals surface area contributed by atoms with E-state index in [0.717, 1.165) is 5.56 Å². The number of benzene rings is 1. The maximum atomic E-state index is 13.7. The molecular weight excluding hydrogens is 289 g/mol. The Morgan fingerprint density at radius 3 is 2.95 bits per heavy atom. The predicted molar refractivity (Wildman–Crippen MR) is 80.5 cm³/mol. The van der Waals surface area contributed by atoms with Gasteiger partial charge in [-0.25, -0.2) is 4.39 Å². The molecule has 1 heterocycles.